The summed E-state index contributed by atoms with van der Waals surface area (Å²) in [5.41, 5.74) is 3.98. The summed E-state index contributed by atoms with van der Waals surface area (Å²) in [5.74, 6) is 0. The highest BCUT2D eigenvalue weighted by molar-refractivity contribution is 5.60. The minimum Gasteiger partial charge on any atom is -0.252 e. The number of fused-ring (bicyclic) bond motifs is 1. The van der Waals surface area contributed by atoms with E-state index in [0.717, 1.165) is 41.8 Å². The van der Waals surface area contributed by atoms with Gasteiger partial charge >= 0.3 is 0 Å². The molecule has 94 valence electrons. The fourth-order valence-electron chi connectivity index (χ4n) is 2.82. The molecule has 2 heteroatoms. The molecule has 0 spiro atoms. The van der Waals surface area contributed by atoms with Crippen molar-refractivity contribution in [1.29, 1.82) is 5.26 Å². The molecule has 2 aromatic rings. The number of nitriles is 1. The summed E-state index contributed by atoms with van der Waals surface area (Å²) in [4.78, 5) is 4.78. The first kappa shape index (κ1) is 11.9. The molecule has 0 N–H and O–H groups in total. The molecule has 0 saturated heterocycles. The van der Waals surface area contributed by atoms with Gasteiger partial charge in [0.05, 0.1) is 17.2 Å². The number of pyridine rings is 1. The minimum absolute atomic E-state index is 0.365. The second-order valence-corrected chi connectivity index (χ2v) is 5.35. The molecule has 1 atom stereocenters. The van der Waals surface area contributed by atoms with Gasteiger partial charge in [0.1, 0.15) is 0 Å². The lowest BCUT2D eigenvalue weighted by atomic mass is 9.74. The Balaban J connectivity index is 2.09. The summed E-state index contributed by atoms with van der Waals surface area (Å²) < 4.78 is 0. The van der Waals surface area contributed by atoms with Crippen LogP contribution in [0.15, 0.2) is 42.5 Å². The van der Waals surface area contributed by atoms with Gasteiger partial charge in [0.25, 0.3) is 0 Å². The zero-order valence-electron chi connectivity index (χ0n) is 11.1. The van der Waals surface area contributed by atoms with Crippen LogP contribution in [-0.2, 0) is 11.8 Å². The standard InChI is InChI=1S/C17H16N2/c1-17(12-18)11-5-8-16-14(17)9-10-15(19-16)13-6-3-2-4-7-13/h2-4,6-7,9-10H,5,8,11H2,1H3. The summed E-state index contributed by atoms with van der Waals surface area (Å²) in [6.45, 7) is 2.02. The Morgan fingerprint density at radius 3 is 2.68 bits per heavy atom. The van der Waals surface area contributed by atoms with Crippen molar-refractivity contribution in [2.24, 2.45) is 0 Å². The van der Waals surface area contributed by atoms with Crippen molar-refractivity contribution in [1.82, 2.24) is 4.98 Å². The molecular formula is C17H16N2. The second-order valence-electron chi connectivity index (χ2n) is 5.35. The van der Waals surface area contributed by atoms with E-state index in [2.05, 4.69) is 24.3 Å². The molecule has 1 aliphatic carbocycles. The molecule has 0 radical (unpaired) electrons. The first-order valence-electron chi connectivity index (χ1n) is 6.70. The number of nitrogens with zero attached hydrogens (tertiary/aromatic N) is 2. The lowest BCUT2D eigenvalue weighted by molar-refractivity contribution is 0.485. The van der Waals surface area contributed by atoms with Crippen molar-refractivity contribution in [2.45, 2.75) is 31.6 Å². The average molecular weight is 248 g/mol. The zero-order valence-corrected chi connectivity index (χ0v) is 11.1. The van der Waals surface area contributed by atoms with Crippen LogP contribution in [0, 0.1) is 11.3 Å². The van der Waals surface area contributed by atoms with E-state index in [4.69, 9.17) is 4.98 Å². The molecule has 1 unspecified atom stereocenters. The minimum atomic E-state index is -0.365. The van der Waals surface area contributed by atoms with Gasteiger partial charge in [0, 0.05) is 11.3 Å². The van der Waals surface area contributed by atoms with Crippen molar-refractivity contribution in [3.05, 3.63) is 53.7 Å². The first-order valence-corrected chi connectivity index (χ1v) is 6.70. The molecule has 0 saturated carbocycles. The van der Waals surface area contributed by atoms with Crippen LogP contribution in [0.3, 0.4) is 0 Å². The number of hydrogen-bond donors (Lipinski definition) is 0. The van der Waals surface area contributed by atoms with Crippen molar-refractivity contribution >= 4 is 0 Å². The van der Waals surface area contributed by atoms with E-state index in [1.54, 1.807) is 0 Å². The smallest absolute Gasteiger partial charge is 0.0812 e. The normalized spacial score (nSPS) is 21.5. The summed E-state index contributed by atoms with van der Waals surface area (Å²) >= 11 is 0. The lowest BCUT2D eigenvalue weighted by Crippen LogP contribution is -2.26. The molecule has 19 heavy (non-hydrogen) atoms. The molecule has 3 rings (SSSR count). The van der Waals surface area contributed by atoms with E-state index < -0.39 is 0 Å². The Morgan fingerprint density at radius 1 is 1.16 bits per heavy atom. The molecule has 0 bridgehead atoms. The summed E-state index contributed by atoms with van der Waals surface area (Å²) in [6, 6.07) is 16.8. The summed E-state index contributed by atoms with van der Waals surface area (Å²) in [6.07, 6.45) is 2.96. The average Bonchev–Trinajstić information content (AvgIpc) is 2.48. The third-order valence-corrected chi connectivity index (χ3v) is 3.98. The highest BCUT2D eigenvalue weighted by Crippen LogP contribution is 2.36. The molecule has 1 aromatic carbocycles. The number of rotatable bonds is 1. The Hall–Kier alpha value is -2.14. The van der Waals surface area contributed by atoms with Crippen LogP contribution >= 0.6 is 0 Å². The Kier molecular flexibility index (Phi) is 2.83. The number of aromatic nitrogens is 1. The molecule has 0 aliphatic heterocycles. The van der Waals surface area contributed by atoms with E-state index in [1.807, 2.05) is 31.2 Å². The van der Waals surface area contributed by atoms with Crippen LogP contribution in [0.1, 0.15) is 31.0 Å². The largest absolute Gasteiger partial charge is 0.252 e. The third-order valence-electron chi connectivity index (χ3n) is 3.98. The highest BCUT2D eigenvalue weighted by atomic mass is 14.7. The fraction of sp³-hybridized carbons (Fsp3) is 0.294. The van der Waals surface area contributed by atoms with Gasteiger partial charge in [-0.05, 0) is 37.8 Å². The van der Waals surface area contributed by atoms with E-state index in [1.165, 1.54) is 0 Å². The van der Waals surface area contributed by atoms with E-state index in [-0.39, 0.29) is 5.41 Å². The Morgan fingerprint density at radius 2 is 1.95 bits per heavy atom. The molecule has 2 nitrogen and oxygen atoms in total. The molecule has 1 aliphatic rings. The van der Waals surface area contributed by atoms with Gasteiger partial charge in [-0.15, -0.1) is 0 Å². The van der Waals surface area contributed by atoms with Crippen LogP contribution in [0.4, 0.5) is 0 Å². The van der Waals surface area contributed by atoms with Gasteiger partial charge in [-0.1, -0.05) is 36.4 Å². The number of benzene rings is 1. The van der Waals surface area contributed by atoms with Gasteiger partial charge in [0.2, 0.25) is 0 Å². The van der Waals surface area contributed by atoms with Crippen molar-refractivity contribution in [3.63, 3.8) is 0 Å². The van der Waals surface area contributed by atoms with Crippen LogP contribution in [0.2, 0.25) is 0 Å². The molecule has 0 amide bonds. The predicted octanol–water partition coefficient (Wildman–Crippen LogP) is 3.87. The first-order chi connectivity index (χ1) is 9.23. The van der Waals surface area contributed by atoms with Gasteiger partial charge in [0.15, 0.2) is 0 Å². The van der Waals surface area contributed by atoms with Crippen LogP contribution < -0.4 is 0 Å². The zero-order chi connectivity index (χ0) is 13.3. The van der Waals surface area contributed by atoms with Crippen molar-refractivity contribution in [2.75, 3.05) is 0 Å². The van der Waals surface area contributed by atoms with Crippen molar-refractivity contribution < 1.29 is 0 Å². The Bertz CT molecular complexity index is 640. The van der Waals surface area contributed by atoms with Gasteiger partial charge in [-0.2, -0.15) is 5.26 Å². The van der Waals surface area contributed by atoms with Gasteiger partial charge in [-0.25, -0.2) is 0 Å². The predicted molar refractivity (Wildman–Crippen MR) is 75.6 cm³/mol. The summed E-state index contributed by atoms with van der Waals surface area (Å²) in [5, 5.41) is 9.41. The van der Waals surface area contributed by atoms with Gasteiger partial charge in [-0.3, -0.25) is 4.98 Å². The number of hydrogen-bond acceptors (Lipinski definition) is 2. The van der Waals surface area contributed by atoms with E-state index in [0.29, 0.717) is 0 Å². The maximum Gasteiger partial charge on any atom is 0.0812 e. The monoisotopic (exact) mass is 248 g/mol. The molecular weight excluding hydrogens is 232 g/mol. The third kappa shape index (κ3) is 2.02. The van der Waals surface area contributed by atoms with Crippen LogP contribution in [0.5, 0.6) is 0 Å². The lowest BCUT2D eigenvalue weighted by Gasteiger charge is -2.29. The van der Waals surface area contributed by atoms with Crippen LogP contribution in [0.25, 0.3) is 11.3 Å². The SMILES string of the molecule is CC1(C#N)CCCc2nc(-c3ccccc3)ccc21. The molecule has 1 heterocycles. The molecule has 0 fully saturated rings. The fourth-order valence-corrected chi connectivity index (χ4v) is 2.82. The maximum atomic E-state index is 9.41. The number of aryl methyl sites for hydroxylation is 1. The van der Waals surface area contributed by atoms with E-state index >= 15 is 0 Å². The maximum absolute atomic E-state index is 9.41. The quantitative estimate of drug-likeness (QED) is 0.768. The van der Waals surface area contributed by atoms with E-state index in [9.17, 15) is 5.26 Å². The summed E-state index contributed by atoms with van der Waals surface area (Å²) in [7, 11) is 0. The Labute approximate surface area is 113 Å². The van der Waals surface area contributed by atoms with Gasteiger partial charge < -0.3 is 0 Å². The van der Waals surface area contributed by atoms with Crippen LogP contribution in [-0.4, -0.2) is 4.98 Å². The highest BCUT2D eigenvalue weighted by Gasteiger charge is 2.32. The second kappa shape index (κ2) is 4.51. The topological polar surface area (TPSA) is 36.7 Å². The van der Waals surface area contributed by atoms with Crippen molar-refractivity contribution in [3.8, 4) is 17.3 Å². The molecule has 1 aromatic heterocycles.